The number of hydrogen-bond acceptors (Lipinski definition) is 5. The van der Waals surface area contributed by atoms with Gasteiger partial charge in [0.1, 0.15) is 0 Å². The second-order valence-electron chi connectivity index (χ2n) is 8.51. The van der Waals surface area contributed by atoms with Crippen LogP contribution < -0.4 is 14.8 Å². The van der Waals surface area contributed by atoms with Crippen molar-refractivity contribution in [3.63, 3.8) is 0 Å². The van der Waals surface area contributed by atoms with Crippen LogP contribution in [-0.2, 0) is 9.59 Å². The summed E-state index contributed by atoms with van der Waals surface area (Å²) in [5.74, 6) is 1.28. The number of carbonyl (C=O) groups is 2. The molecule has 0 spiro atoms. The highest BCUT2D eigenvalue weighted by atomic mass is 16.5. The zero-order valence-electron chi connectivity index (χ0n) is 20.6. The highest BCUT2D eigenvalue weighted by Crippen LogP contribution is 2.28. The van der Waals surface area contributed by atoms with Crippen LogP contribution in [0.4, 0.5) is 5.69 Å². The van der Waals surface area contributed by atoms with E-state index in [1.807, 2.05) is 55.1 Å². The van der Waals surface area contributed by atoms with E-state index in [0.717, 1.165) is 28.8 Å². The number of para-hydroxylation sites is 1. The van der Waals surface area contributed by atoms with Gasteiger partial charge in [0, 0.05) is 37.9 Å². The van der Waals surface area contributed by atoms with Gasteiger partial charge >= 0.3 is 0 Å². The number of anilines is 1. The minimum absolute atomic E-state index is 0.0302. The molecular formula is C27H35N3O4. The van der Waals surface area contributed by atoms with Crippen molar-refractivity contribution in [3.05, 3.63) is 59.2 Å². The zero-order chi connectivity index (χ0) is 24.5. The maximum Gasteiger partial charge on any atom is 0.246 e. The third-order valence-electron chi connectivity index (χ3n) is 5.86. The molecule has 1 heterocycles. The van der Waals surface area contributed by atoms with Crippen molar-refractivity contribution in [2.75, 3.05) is 51.8 Å². The van der Waals surface area contributed by atoms with Gasteiger partial charge in [-0.2, -0.15) is 0 Å². The zero-order valence-corrected chi connectivity index (χ0v) is 20.6. The van der Waals surface area contributed by atoms with Gasteiger partial charge in [-0.3, -0.25) is 14.5 Å². The molecule has 0 aliphatic carbocycles. The number of nitrogens with one attached hydrogen (secondary N) is 1. The summed E-state index contributed by atoms with van der Waals surface area (Å²) in [7, 11) is 1.61. The van der Waals surface area contributed by atoms with E-state index in [4.69, 9.17) is 9.47 Å². The molecule has 7 nitrogen and oxygen atoms in total. The molecule has 2 aromatic rings. The Labute approximate surface area is 202 Å². The Kier molecular flexibility index (Phi) is 9.10. The quantitative estimate of drug-likeness (QED) is 0.569. The average Bonchev–Trinajstić information content (AvgIpc) is 2.84. The Morgan fingerprint density at radius 3 is 2.38 bits per heavy atom. The third-order valence-corrected chi connectivity index (χ3v) is 5.86. The van der Waals surface area contributed by atoms with Crippen LogP contribution >= 0.6 is 0 Å². The standard InChI is InChI=1S/C27H35N3O4/c1-5-17-34-23-11-9-22(18-24(23)33-4)10-12-26(32)30-15-13-29(14-16-30)19-25(31)28-27-20(2)7-6-8-21(27)3/h6-12,18H,5,13-17,19H2,1-4H3,(H,28,31)/b12-10+. The average molecular weight is 466 g/mol. The van der Waals surface area contributed by atoms with Crippen LogP contribution in [0.1, 0.15) is 30.0 Å². The summed E-state index contributed by atoms with van der Waals surface area (Å²) in [6.07, 6.45) is 4.30. The van der Waals surface area contributed by atoms with Crippen LogP contribution in [0.2, 0.25) is 0 Å². The normalized spacial score (nSPS) is 14.3. The summed E-state index contributed by atoms with van der Waals surface area (Å²) in [4.78, 5) is 29.1. The molecule has 0 aromatic heterocycles. The van der Waals surface area contributed by atoms with Crippen LogP contribution in [0.5, 0.6) is 11.5 Å². The van der Waals surface area contributed by atoms with E-state index >= 15 is 0 Å². The number of aryl methyl sites for hydroxylation is 2. The van der Waals surface area contributed by atoms with Gasteiger partial charge in [0.15, 0.2) is 11.5 Å². The number of hydrogen-bond donors (Lipinski definition) is 1. The van der Waals surface area contributed by atoms with Gasteiger partial charge in [0.05, 0.1) is 20.3 Å². The molecule has 1 aliphatic heterocycles. The van der Waals surface area contributed by atoms with Gasteiger partial charge in [-0.1, -0.05) is 31.2 Å². The minimum Gasteiger partial charge on any atom is -0.493 e. The van der Waals surface area contributed by atoms with E-state index in [1.54, 1.807) is 19.3 Å². The number of amides is 2. The van der Waals surface area contributed by atoms with Crippen LogP contribution in [0.3, 0.4) is 0 Å². The molecule has 34 heavy (non-hydrogen) atoms. The first-order chi connectivity index (χ1) is 16.4. The largest absolute Gasteiger partial charge is 0.493 e. The van der Waals surface area contributed by atoms with E-state index < -0.39 is 0 Å². The smallest absolute Gasteiger partial charge is 0.246 e. The fourth-order valence-corrected chi connectivity index (χ4v) is 3.91. The number of carbonyl (C=O) groups excluding carboxylic acids is 2. The lowest BCUT2D eigenvalue weighted by atomic mass is 10.1. The van der Waals surface area contributed by atoms with Crippen molar-refractivity contribution < 1.29 is 19.1 Å². The summed E-state index contributed by atoms with van der Waals surface area (Å²) in [6.45, 7) is 9.49. The molecule has 2 amide bonds. The first-order valence-corrected chi connectivity index (χ1v) is 11.8. The number of benzene rings is 2. The van der Waals surface area contributed by atoms with Crippen molar-refractivity contribution in [1.82, 2.24) is 9.80 Å². The highest BCUT2D eigenvalue weighted by Gasteiger charge is 2.21. The molecular weight excluding hydrogens is 430 g/mol. The molecule has 1 saturated heterocycles. The second-order valence-corrected chi connectivity index (χ2v) is 8.51. The van der Waals surface area contributed by atoms with Crippen LogP contribution in [-0.4, -0.2) is 68.1 Å². The minimum atomic E-state index is -0.0371. The molecule has 0 bridgehead atoms. The summed E-state index contributed by atoms with van der Waals surface area (Å²) < 4.78 is 11.1. The van der Waals surface area contributed by atoms with Crippen LogP contribution in [0.25, 0.3) is 6.08 Å². The molecule has 1 fully saturated rings. The molecule has 0 saturated carbocycles. The summed E-state index contributed by atoms with van der Waals surface area (Å²) in [5.41, 5.74) is 3.86. The lowest BCUT2D eigenvalue weighted by Crippen LogP contribution is -2.50. The topological polar surface area (TPSA) is 71.1 Å². The fraction of sp³-hybridized carbons (Fsp3) is 0.407. The third kappa shape index (κ3) is 6.84. The van der Waals surface area contributed by atoms with E-state index in [-0.39, 0.29) is 11.8 Å². The van der Waals surface area contributed by atoms with Gasteiger partial charge < -0.3 is 19.7 Å². The van der Waals surface area contributed by atoms with Crippen molar-refractivity contribution >= 4 is 23.6 Å². The molecule has 0 atom stereocenters. The van der Waals surface area contributed by atoms with E-state index in [2.05, 4.69) is 17.1 Å². The summed E-state index contributed by atoms with van der Waals surface area (Å²) in [6, 6.07) is 11.6. The lowest BCUT2D eigenvalue weighted by Gasteiger charge is -2.33. The Morgan fingerprint density at radius 2 is 1.74 bits per heavy atom. The lowest BCUT2D eigenvalue weighted by molar-refractivity contribution is -0.127. The Bertz CT molecular complexity index is 1010. The number of piperazine rings is 1. The molecule has 1 N–H and O–H groups in total. The number of rotatable bonds is 9. The molecule has 0 unspecified atom stereocenters. The predicted molar refractivity (Wildman–Crippen MR) is 135 cm³/mol. The molecule has 182 valence electrons. The number of ether oxygens (including phenoxy) is 2. The van der Waals surface area contributed by atoms with Gasteiger partial charge in [-0.25, -0.2) is 0 Å². The molecule has 1 aliphatic rings. The Hall–Kier alpha value is -3.32. The second kappa shape index (κ2) is 12.2. The van der Waals surface area contributed by atoms with Gasteiger partial charge in [-0.05, 0) is 55.2 Å². The van der Waals surface area contributed by atoms with Gasteiger partial charge in [-0.15, -0.1) is 0 Å². The van der Waals surface area contributed by atoms with E-state index in [1.165, 1.54) is 0 Å². The monoisotopic (exact) mass is 465 g/mol. The van der Waals surface area contributed by atoms with E-state index in [0.29, 0.717) is 50.8 Å². The van der Waals surface area contributed by atoms with Crippen LogP contribution in [0, 0.1) is 13.8 Å². The van der Waals surface area contributed by atoms with Crippen molar-refractivity contribution in [2.24, 2.45) is 0 Å². The first kappa shape index (κ1) is 25.3. The molecule has 0 radical (unpaired) electrons. The van der Waals surface area contributed by atoms with Gasteiger partial charge in [0.2, 0.25) is 11.8 Å². The van der Waals surface area contributed by atoms with Crippen LogP contribution in [0.15, 0.2) is 42.5 Å². The number of nitrogens with zero attached hydrogens (tertiary/aromatic N) is 2. The Balaban J connectivity index is 1.49. The first-order valence-electron chi connectivity index (χ1n) is 11.8. The summed E-state index contributed by atoms with van der Waals surface area (Å²) in [5, 5.41) is 3.03. The van der Waals surface area contributed by atoms with Crippen molar-refractivity contribution in [2.45, 2.75) is 27.2 Å². The van der Waals surface area contributed by atoms with E-state index in [9.17, 15) is 9.59 Å². The SMILES string of the molecule is CCCOc1ccc(/C=C/C(=O)N2CCN(CC(=O)Nc3c(C)cccc3C)CC2)cc1OC. The maximum absolute atomic E-state index is 12.7. The Morgan fingerprint density at radius 1 is 1.03 bits per heavy atom. The van der Waals surface area contributed by atoms with Crippen molar-refractivity contribution in [3.8, 4) is 11.5 Å². The highest BCUT2D eigenvalue weighted by molar-refractivity contribution is 5.94. The molecule has 2 aromatic carbocycles. The fourth-order valence-electron chi connectivity index (χ4n) is 3.91. The number of methoxy groups -OCH3 is 1. The predicted octanol–water partition coefficient (Wildman–Crippen LogP) is 3.90. The van der Waals surface area contributed by atoms with Gasteiger partial charge in [0.25, 0.3) is 0 Å². The van der Waals surface area contributed by atoms with Crippen molar-refractivity contribution in [1.29, 1.82) is 0 Å². The molecule has 7 heteroatoms. The molecule has 3 rings (SSSR count). The summed E-state index contributed by atoms with van der Waals surface area (Å²) >= 11 is 0. The maximum atomic E-state index is 12.7.